The van der Waals surface area contributed by atoms with Gasteiger partial charge in [-0.15, -0.1) is 0 Å². The molecule has 0 saturated carbocycles. The van der Waals surface area contributed by atoms with Gasteiger partial charge in [0.05, 0.1) is 13.2 Å². The van der Waals surface area contributed by atoms with Crippen molar-refractivity contribution in [1.82, 2.24) is 9.80 Å². The van der Waals surface area contributed by atoms with E-state index in [9.17, 15) is 9.59 Å². The van der Waals surface area contributed by atoms with E-state index in [1.54, 1.807) is 45.3 Å². The number of carbonyl (C=O) groups is 2. The molecule has 1 atom stereocenters. The van der Waals surface area contributed by atoms with Crippen LogP contribution in [0.15, 0.2) is 48.5 Å². The van der Waals surface area contributed by atoms with Crippen molar-refractivity contribution in [2.75, 3.05) is 28.3 Å². The Balaban J connectivity index is 2.28. The zero-order valence-electron chi connectivity index (χ0n) is 20.0. The number of amides is 2. The van der Waals surface area contributed by atoms with E-state index in [-0.39, 0.29) is 6.04 Å². The summed E-state index contributed by atoms with van der Waals surface area (Å²) in [6.07, 6.45) is 0.529. The Morgan fingerprint density at radius 3 is 2.16 bits per heavy atom. The highest BCUT2D eigenvalue weighted by atomic mass is 16.6. The van der Waals surface area contributed by atoms with E-state index in [2.05, 4.69) is 0 Å². The van der Waals surface area contributed by atoms with Crippen molar-refractivity contribution in [2.45, 2.75) is 45.3 Å². The Morgan fingerprint density at radius 2 is 1.59 bits per heavy atom. The molecule has 2 rings (SSSR count). The Kier molecular flexibility index (Phi) is 8.52. The molecule has 0 heterocycles. The second-order valence-corrected chi connectivity index (χ2v) is 8.83. The molecule has 2 aromatic carbocycles. The van der Waals surface area contributed by atoms with Gasteiger partial charge in [-0.1, -0.05) is 24.3 Å². The molecular formula is C25H34N2O5. The van der Waals surface area contributed by atoms with Gasteiger partial charge in [-0.3, -0.25) is 0 Å². The van der Waals surface area contributed by atoms with E-state index < -0.39 is 17.8 Å². The minimum absolute atomic E-state index is 0.273. The third-order valence-electron chi connectivity index (χ3n) is 4.83. The van der Waals surface area contributed by atoms with Gasteiger partial charge in [0.2, 0.25) is 0 Å². The summed E-state index contributed by atoms with van der Waals surface area (Å²) in [7, 11) is 6.61. The van der Waals surface area contributed by atoms with Crippen molar-refractivity contribution in [2.24, 2.45) is 0 Å². The predicted octanol–water partition coefficient (Wildman–Crippen LogP) is 5.30. The van der Waals surface area contributed by atoms with E-state index in [0.717, 1.165) is 23.3 Å². The molecule has 2 aromatic rings. The SMILES string of the molecule is COc1ccc(CCC(c2cccc(OC(=O)N(C)C)c2)N(C)C(=O)OC(C)(C)C)cc1. The number of aryl methyl sites for hydroxylation is 1. The van der Waals surface area contributed by atoms with Crippen molar-refractivity contribution in [3.05, 3.63) is 59.7 Å². The molecule has 0 N–H and O–H groups in total. The lowest BCUT2D eigenvalue weighted by atomic mass is 9.97. The minimum atomic E-state index is -0.602. The van der Waals surface area contributed by atoms with Crippen LogP contribution >= 0.6 is 0 Å². The van der Waals surface area contributed by atoms with Gasteiger partial charge in [0.1, 0.15) is 17.1 Å². The van der Waals surface area contributed by atoms with Crippen LogP contribution in [0.1, 0.15) is 44.4 Å². The highest BCUT2D eigenvalue weighted by molar-refractivity contribution is 5.70. The van der Waals surface area contributed by atoms with Gasteiger partial charge in [-0.2, -0.15) is 0 Å². The molecule has 0 aliphatic rings. The molecule has 7 heteroatoms. The van der Waals surface area contributed by atoms with Crippen molar-refractivity contribution in [3.8, 4) is 11.5 Å². The lowest BCUT2D eigenvalue weighted by Crippen LogP contribution is -2.37. The first-order valence-electron chi connectivity index (χ1n) is 10.6. The van der Waals surface area contributed by atoms with Crippen molar-refractivity contribution in [1.29, 1.82) is 0 Å². The first-order valence-corrected chi connectivity index (χ1v) is 10.6. The number of hydrogen-bond acceptors (Lipinski definition) is 5. The quantitative estimate of drug-likeness (QED) is 0.582. The van der Waals surface area contributed by atoms with Crippen LogP contribution in [0.4, 0.5) is 9.59 Å². The largest absolute Gasteiger partial charge is 0.497 e. The van der Waals surface area contributed by atoms with E-state index in [1.807, 2.05) is 57.2 Å². The Morgan fingerprint density at radius 1 is 0.938 bits per heavy atom. The van der Waals surface area contributed by atoms with Gasteiger partial charge in [0.25, 0.3) is 0 Å². The lowest BCUT2D eigenvalue weighted by Gasteiger charge is -2.31. The zero-order valence-corrected chi connectivity index (χ0v) is 20.0. The molecule has 0 aliphatic carbocycles. The molecule has 0 fully saturated rings. The summed E-state index contributed by atoms with van der Waals surface area (Å²) in [6.45, 7) is 5.52. The Labute approximate surface area is 190 Å². The zero-order chi connectivity index (χ0) is 23.9. The second-order valence-electron chi connectivity index (χ2n) is 8.83. The molecule has 0 bridgehead atoms. The molecule has 0 spiro atoms. The molecule has 2 amide bonds. The monoisotopic (exact) mass is 442 g/mol. The fraction of sp³-hybridized carbons (Fsp3) is 0.440. The maximum absolute atomic E-state index is 12.8. The number of nitrogens with zero attached hydrogens (tertiary/aromatic N) is 2. The van der Waals surface area contributed by atoms with E-state index >= 15 is 0 Å². The summed E-state index contributed by atoms with van der Waals surface area (Å²) in [4.78, 5) is 27.7. The first-order chi connectivity index (χ1) is 15.0. The van der Waals surface area contributed by atoms with Crippen molar-refractivity contribution >= 4 is 12.2 Å². The van der Waals surface area contributed by atoms with Crippen LogP contribution < -0.4 is 9.47 Å². The highest BCUT2D eigenvalue weighted by Crippen LogP contribution is 2.29. The van der Waals surface area contributed by atoms with Crippen LogP contribution in [0, 0.1) is 0 Å². The van der Waals surface area contributed by atoms with Gasteiger partial charge < -0.3 is 24.0 Å². The van der Waals surface area contributed by atoms with Crippen molar-refractivity contribution in [3.63, 3.8) is 0 Å². The second kappa shape index (κ2) is 10.9. The predicted molar refractivity (Wildman–Crippen MR) is 124 cm³/mol. The van der Waals surface area contributed by atoms with Crippen LogP contribution in [0.5, 0.6) is 11.5 Å². The summed E-state index contributed by atoms with van der Waals surface area (Å²) in [6, 6.07) is 14.8. The fourth-order valence-electron chi connectivity index (χ4n) is 3.12. The third-order valence-corrected chi connectivity index (χ3v) is 4.83. The normalized spacial score (nSPS) is 12.0. The molecular weight excluding hydrogens is 408 g/mol. The Hall–Kier alpha value is -3.22. The number of rotatable bonds is 7. The van der Waals surface area contributed by atoms with Crippen LogP contribution in [-0.2, 0) is 11.2 Å². The number of ether oxygens (including phenoxy) is 3. The van der Waals surface area contributed by atoms with E-state index in [0.29, 0.717) is 12.2 Å². The van der Waals surface area contributed by atoms with Gasteiger partial charge in [-0.05, 0) is 69.0 Å². The van der Waals surface area contributed by atoms with Crippen LogP contribution in [0.25, 0.3) is 0 Å². The van der Waals surface area contributed by atoms with Crippen LogP contribution in [0.2, 0.25) is 0 Å². The van der Waals surface area contributed by atoms with Crippen LogP contribution in [-0.4, -0.2) is 55.8 Å². The molecule has 0 saturated heterocycles. The molecule has 32 heavy (non-hydrogen) atoms. The maximum atomic E-state index is 12.8. The summed E-state index contributed by atoms with van der Waals surface area (Å²) in [5.74, 6) is 1.22. The van der Waals surface area contributed by atoms with Gasteiger partial charge in [0, 0.05) is 21.1 Å². The number of benzene rings is 2. The molecule has 0 aliphatic heterocycles. The first kappa shape index (κ1) is 25.0. The summed E-state index contributed by atoms with van der Waals surface area (Å²) in [5.41, 5.74) is 1.38. The molecule has 0 radical (unpaired) electrons. The third kappa shape index (κ3) is 7.48. The standard InChI is InChI=1S/C25H34N2O5/c1-25(2,3)32-24(29)27(6)22(16-13-18-11-14-20(30-7)15-12-18)19-9-8-10-21(17-19)31-23(28)26(4)5/h8-12,14-15,17,22H,13,16H2,1-7H3. The maximum Gasteiger partial charge on any atom is 0.414 e. The fourth-order valence-corrected chi connectivity index (χ4v) is 3.12. The number of carbonyl (C=O) groups excluding carboxylic acids is 2. The van der Waals surface area contributed by atoms with Crippen LogP contribution in [0.3, 0.4) is 0 Å². The molecule has 0 aromatic heterocycles. The minimum Gasteiger partial charge on any atom is -0.497 e. The summed E-state index contributed by atoms with van der Waals surface area (Å²) in [5, 5.41) is 0. The highest BCUT2D eigenvalue weighted by Gasteiger charge is 2.27. The topological polar surface area (TPSA) is 68.3 Å². The average molecular weight is 443 g/mol. The van der Waals surface area contributed by atoms with E-state index in [1.165, 1.54) is 4.90 Å². The smallest absolute Gasteiger partial charge is 0.414 e. The molecule has 1 unspecified atom stereocenters. The lowest BCUT2D eigenvalue weighted by molar-refractivity contribution is 0.0211. The number of hydrogen-bond donors (Lipinski definition) is 0. The molecule has 174 valence electrons. The van der Waals surface area contributed by atoms with Gasteiger partial charge in [-0.25, -0.2) is 9.59 Å². The number of methoxy groups -OCH3 is 1. The summed E-state index contributed by atoms with van der Waals surface area (Å²) < 4.78 is 16.2. The Bertz CT molecular complexity index is 903. The molecule has 7 nitrogen and oxygen atoms in total. The van der Waals surface area contributed by atoms with E-state index in [4.69, 9.17) is 14.2 Å². The van der Waals surface area contributed by atoms with Gasteiger partial charge in [0.15, 0.2) is 0 Å². The summed E-state index contributed by atoms with van der Waals surface area (Å²) >= 11 is 0. The van der Waals surface area contributed by atoms with Gasteiger partial charge >= 0.3 is 12.2 Å². The van der Waals surface area contributed by atoms with Crippen molar-refractivity contribution < 1.29 is 23.8 Å². The average Bonchev–Trinajstić information content (AvgIpc) is 2.73.